The van der Waals surface area contributed by atoms with Crippen molar-refractivity contribution in [3.8, 4) is 5.75 Å². The third-order valence-electron chi connectivity index (χ3n) is 4.51. The summed E-state index contributed by atoms with van der Waals surface area (Å²) in [5.41, 5.74) is 1.45. The fourth-order valence-corrected chi connectivity index (χ4v) is 3.17. The van der Waals surface area contributed by atoms with Crippen molar-refractivity contribution in [1.82, 2.24) is 10.2 Å². The van der Waals surface area contributed by atoms with Crippen LogP contribution in [-0.2, 0) is 0 Å². The molecule has 0 saturated carbocycles. The monoisotopic (exact) mass is 278 g/mol. The van der Waals surface area contributed by atoms with Crippen LogP contribution in [0.5, 0.6) is 5.75 Å². The quantitative estimate of drug-likeness (QED) is 0.788. The number of nitrogens with one attached hydrogen (secondary N) is 1. The molecule has 1 rings (SSSR count). The van der Waals surface area contributed by atoms with Gasteiger partial charge in [0.1, 0.15) is 5.75 Å². The summed E-state index contributed by atoms with van der Waals surface area (Å²) in [6, 6.07) is 8.77. The Morgan fingerprint density at radius 2 is 1.65 bits per heavy atom. The lowest BCUT2D eigenvalue weighted by Crippen LogP contribution is -2.53. The van der Waals surface area contributed by atoms with Gasteiger partial charge in [0.25, 0.3) is 0 Å². The minimum Gasteiger partial charge on any atom is -0.497 e. The van der Waals surface area contributed by atoms with Crippen molar-refractivity contribution in [2.45, 2.75) is 45.2 Å². The molecule has 0 aliphatic heterocycles. The van der Waals surface area contributed by atoms with Crippen LogP contribution in [0.1, 0.15) is 45.2 Å². The Bertz CT molecular complexity index is 382. The number of likely N-dealkylation sites (N-methyl/N-ethyl adjacent to an activating group) is 2. The van der Waals surface area contributed by atoms with Crippen molar-refractivity contribution in [1.29, 1.82) is 0 Å². The molecular weight excluding hydrogens is 248 g/mol. The summed E-state index contributed by atoms with van der Waals surface area (Å²) in [6.45, 7) is 7.68. The maximum absolute atomic E-state index is 5.26. The van der Waals surface area contributed by atoms with E-state index in [9.17, 15) is 0 Å². The van der Waals surface area contributed by atoms with Gasteiger partial charge in [0, 0.05) is 5.54 Å². The molecule has 0 radical (unpaired) electrons. The standard InChI is InChI=1S/C17H30N2O/c1-7-17(8-2,19(4)5)16(18-9-3)14-10-12-15(20-6)13-11-14/h10-13,16,18H,7-9H2,1-6H3. The van der Waals surface area contributed by atoms with E-state index in [1.807, 2.05) is 12.1 Å². The number of rotatable bonds is 8. The predicted molar refractivity (Wildman–Crippen MR) is 86.4 cm³/mol. The normalized spacial score (nSPS) is 13.6. The molecule has 1 aromatic carbocycles. The third kappa shape index (κ3) is 3.33. The maximum Gasteiger partial charge on any atom is 0.118 e. The number of hydrogen-bond donors (Lipinski definition) is 1. The van der Waals surface area contributed by atoms with Gasteiger partial charge in [0.15, 0.2) is 0 Å². The van der Waals surface area contributed by atoms with Crippen LogP contribution >= 0.6 is 0 Å². The fraction of sp³-hybridized carbons (Fsp3) is 0.647. The van der Waals surface area contributed by atoms with Crippen LogP contribution in [-0.4, -0.2) is 38.2 Å². The number of methoxy groups -OCH3 is 1. The summed E-state index contributed by atoms with van der Waals surface area (Å²) >= 11 is 0. The Balaban J connectivity index is 3.19. The summed E-state index contributed by atoms with van der Waals surface area (Å²) in [5, 5.41) is 3.68. The van der Waals surface area contributed by atoms with Crippen molar-refractivity contribution < 1.29 is 4.74 Å². The molecule has 0 saturated heterocycles. The number of hydrogen-bond acceptors (Lipinski definition) is 3. The van der Waals surface area contributed by atoms with Gasteiger partial charge in [-0.15, -0.1) is 0 Å². The van der Waals surface area contributed by atoms with E-state index in [-0.39, 0.29) is 5.54 Å². The molecule has 1 N–H and O–H groups in total. The van der Waals surface area contributed by atoms with Gasteiger partial charge in [-0.05, 0) is 51.2 Å². The van der Waals surface area contributed by atoms with E-state index in [0.29, 0.717) is 6.04 Å². The molecule has 20 heavy (non-hydrogen) atoms. The molecule has 0 fully saturated rings. The second kappa shape index (κ2) is 7.65. The summed E-state index contributed by atoms with van der Waals surface area (Å²) < 4.78 is 5.26. The Morgan fingerprint density at radius 1 is 1.10 bits per heavy atom. The topological polar surface area (TPSA) is 24.5 Å². The molecule has 114 valence electrons. The summed E-state index contributed by atoms with van der Waals surface area (Å²) in [6.07, 6.45) is 2.22. The lowest BCUT2D eigenvalue weighted by Gasteiger charge is -2.45. The highest BCUT2D eigenvalue weighted by atomic mass is 16.5. The Hall–Kier alpha value is -1.06. The Labute approximate surface area is 124 Å². The molecule has 1 aromatic rings. The summed E-state index contributed by atoms with van der Waals surface area (Å²) in [5.74, 6) is 0.910. The SMILES string of the molecule is CCNC(c1ccc(OC)cc1)C(CC)(CC)N(C)C. The van der Waals surface area contributed by atoms with Crippen molar-refractivity contribution in [2.24, 2.45) is 0 Å². The Morgan fingerprint density at radius 3 is 2.00 bits per heavy atom. The van der Waals surface area contributed by atoms with Gasteiger partial charge in [-0.1, -0.05) is 32.9 Å². The number of benzene rings is 1. The van der Waals surface area contributed by atoms with Gasteiger partial charge in [0.2, 0.25) is 0 Å². The van der Waals surface area contributed by atoms with E-state index in [1.165, 1.54) is 5.56 Å². The van der Waals surface area contributed by atoms with Gasteiger partial charge in [-0.2, -0.15) is 0 Å². The molecule has 0 bridgehead atoms. The van der Waals surface area contributed by atoms with Gasteiger partial charge in [-0.25, -0.2) is 0 Å². The van der Waals surface area contributed by atoms with E-state index in [1.54, 1.807) is 7.11 Å². The van der Waals surface area contributed by atoms with Crippen molar-refractivity contribution in [2.75, 3.05) is 27.7 Å². The Kier molecular flexibility index (Phi) is 6.50. The van der Waals surface area contributed by atoms with Crippen molar-refractivity contribution in [3.05, 3.63) is 29.8 Å². The molecule has 1 unspecified atom stereocenters. The average Bonchev–Trinajstić information content (AvgIpc) is 2.48. The predicted octanol–water partition coefficient (Wildman–Crippen LogP) is 3.47. The lowest BCUT2D eigenvalue weighted by molar-refractivity contribution is 0.0889. The van der Waals surface area contributed by atoms with Gasteiger partial charge in [0.05, 0.1) is 13.2 Å². The molecule has 0 amide bonds. The minimum absolute atomic E-state index is 0.130. The number of nitrogens with zero attached hydrogens (tertiary/aromatic N) is 1. The van der Waals surface area contributed by atoms with Crippen LogP contribution in [0.3, 0.4) is 0 Å². The molecule has 0 aromatic heterocycles. The maximum atomic E-state index is 5.26. The zero-order valence-electron chi connectivity index (χ0n) is 13.9. The van der Waals surface area contributed by atoms with Crippen LogP contribution < -0.4 is 10.1 Å². The first-order valence-corrected chi connectivity index (χ1v) is 7.60. The molecular formula is C17H30N2O. The first kappa shape index (κ1) is 17.0. The molecule has 0 spiro atoms. The van der Waals surface area contributed by atoms with E-state index in [0.717, 1.165) is 25.1 Å². The second-order valence-corrected chi connectivity index (χ2v) is 5.47. The van der Waals surface area contributed by atoms with Crippen LogP contribution in [0.2, 0.25) is 0 Å². The van der Waals surface area contributed by atoms with Gasteiger partial charge < -0.3 is 15.0 Å². The zero-order valence-corrected chi connectivity index (χ0v) is 13.9. The highest BCUT2D eigenvalue weighted by Crippen LogP contribution is 2.36. The van der Waals surface area contributed by atoms with Crippen LogP contribution in [0.15, 0.2) is 24.3 Å². The van der Waals surface area contributed by atoms with Crippen LogP contribution in [0.25, 0.3) is 0 Å². The average molecular weight is 278 g/mol. The molecule has 0 heterocycles. The molecule has 1 atom stereocenters. The van der Waals surface area contributed by atoms with E-state index in [2.05, 4.69) is 57.2 Å². The third-order valence-corrected chi connectivity index (χ3v) is 4.51. The van der Waals surface area contributed by atoms with Crippen molar-refractivity contribution >= 4 is 0 Å². The summed E-state index contributed by atoms with van der Waals surface area (Å²) in [4.78, 5) is 2.37. The summed E-state index contributed by atoms with van der Waals surface area (Å²) in [7, 11) is 6.07. The molecule has 3 heteroatoms. The molecule has 0 aliphatic carbocycles. The largest absolute Gasteiger partial charge is 0.497 e. The van der Waals surface area contributed by atoms with E-state index < -0.39 is 0 Å². The van der Waals surface area contributed by atoms with Crippen LogP contribution in [0, 0.1) is 0 Å². The van der Waals surface area contributed by atoms with Gasteiger partial charge >= 0.3 is 0 Å². The molecule has 3 nitrogen and oxygen atoms in total. The smallest absolute Gasteiger partial charge is 0.118 e. The fourth-order valence-electron chi connectivity index (χ4n) is 3.17. The van der Waals surface area contributed by atoms with Crippen LogP contribution in [0.4, 0.5) is 0 Å². The second-order valence-electron chi connectivity index (χ2n) is 5.47. The van der Waals surface area contributed by atoms with Gasteiger partial charge in [-0.3, -0.25) is 0 Å². The van der Waals surface area contributed by atoms with E-state index >= 15 is 0 Å². The molecule has 0 aliphatic rings. The first-order valence-electron chi connectivity index (χ1n) is 7.60. The first-order chi connectivity index (χ1) is 9.55. The van der Waals surface area contributed by atoms with E-state index in [4.69, 9.17) is 4.74 Å². The minimum atomic E-state index is 0.130. The zero-order chi connectivity index (χ0) is 15.2. The highest BCUT2D eigenvalue weighted by molar-refractivity contribution is 5.31. The lowest BCUT2D eigenvalue weighted by atomic mass is 9.79. The van der Waals surface area contributed by atoms with Crippen molar-refractivity contribution in [3.63, 3.8) is 0 Å². The number of ether oxygens (including phenoxy) is 1. The highest BCUT2D eigenvalue weighted by Gasteiger charge is 2.38.